The zero-order valence-electron chi connectivity index (χ0n) is 21.7. The quantitative estimate of drug-likeness (QED) is 0.172. The average Bonchev–Trinajstić information content (AvgIpc) is 3.17. The summed E-state index contributed by atoms with van der Waals surface area (Å²) in [6.07, 6.45) is 1.83. The number of carbonyl (C=O) groups excluding carboxylic acids is 1. The van der Waals surface area contributed by atoms with Gasteiger partial charge in [0, 0.05) is 18.7 Å². The predicted octanol–water partition coefficient (Wildman–Crippen LogP) is 6.75. The Hall–Kier alpha value is -4.11. The van der Waals surface area contributed by atoms with Crippen molar-refractivity contribution in [1.82, 2.24) is 4.90 Å². The van der Waals surface area contributed by atoms with E-state index in [0.29, 0.717) is 28.1 Å². The summed E-state index contributed by atoms with van der Waals surface area (Å²) in [4.78, 5) is 30.8. The SMILES string of the molecule is COc1cc(/C=C2/SC(=Nc3ccc(C)cc3)N(CC(C)C)C2=O)ccc1OCc1ccc([N+](=O)[O-])cc1. The molecule has 0 aromatic heterocycles. The van der Waals surface area contributed by atoms with Gasteiger partial charge in [-0.1, -0.05) is 37.6 Å². The Morgan fingerprint density at radius 2 is 1.76 bits per heavy atom. The highest BCUT2D eigenvalue weighted by Gasteiger charge is 2.33. The first-order chi connectivity index (χ1) is 18.2. The highest BCUT2D eigenvalue weighted by molar-refractivity contribution is 8.18. The average molecular weight is 532 g/mol. The van der Waals surface area contributed by atoms with Gasteiger partial charge in [0.2, 0.25) is 0 Å². The molecule has 0 saturated carbocycles. The molecule has 0 unspecified atom stereocenters. The largest absolute Gasteiger partial charge is 0.493 e. The molecular formula is C29H29N3O5S. The van der Waals surface area contributed by atoms with Crippen molar-refractivity contribution in [2.45, 2.75) is 27.4 Å². The van der Waals surface area contributed by atoms with Gasteiger partial charge in [-0.15, -0.1) is 0 Å². The third-order valence-electron chi connectivity index (χ3n) is 5.72. The van der Waals surface area contributed by atoms with Crippen LogP contribution in [-0.4, -0.2) is 34.6 Å². The summed E-state index contributed by atoms with van der Waals surface area (Å²) in [5.41, 5.74) is 3.57. The van der Waals surface area contributed by atoms with Crippen molar-refractivity contribution < 1.29 is 19.2 Å². The van der Waals surface area contributed by atoms with Crippen LogP contribution < -0.4 is 9.47 Å². The molecule has 0 atom stereocenters. The number of aryl methyl sites for hydroxylation is 1. The van der Waals surface area contributed by atoms with Gasteiger partial charge in [-0.3, -0.25) is 19.8 Å². The number of amidine groups is 1. The van der Waals surface area contributed by atoms with Crippen LogP contribution in [0.5, 0.6) is 11.5 Å². The van der Waals surface area contributed by atoms with Crippen molar-refractivity contribution in [1.29, 1.82) is 0 Å². The standard InChI is InChI=1S/C29H29N3O5S/c1-19(2)17-31-28(33)27(38-29(31)30-23-10-5-20(3)6-11-23)16-22-9-14-25(26(15-22)36-4)37-18-21-7-12-24(13-8-21)32(34)35/h5-16,19H,17-18H2,1-4H3/b27-16+,30-29?. The molecule has 3 aromatic carbocycles. The molecule has 9 heteroatoms. The van der Waals surface area contributed by atoms with Crippen molar-refractivity contribution in [3.05, 3.63) is 98.4 Å². The Morgan fingerprint density at radius 3 is 2.39 bits per heavy atom. The van der Waals surface area contributed by atoms with E-state index in [1.165, 1.54) is 23.9 Å². The highest BCUT2D eigenvalue weighted by atomic mass is 32.2. The van der Waals surface area contributed by atoms with Crippen molar-refractivity contribution in [2.75, 3.05) is 13.7 Å². The second kappa shape index (κ2) is 12.0. The fraction of sp³-hybridized carbons (Fsp3) is 0.241. The number of carbonyl (C=O) groups is 1. The highest BCUT2D eigenvalue weighted by Crippen LogP contribution is 2.36. The topological polar surface area (TPSA) is 94.3 Å². The van der Waals surface area contributed by atoms with E-state index >= 15 is 0 Å². The lowest BCUT2D eigenvalue weighted by atomic mass is 10.1. The second-order valence-corrected chi connectivity index (χ2v) is 10.3. The van der Waals surface area contributed by atoms with Gasteiger partial charge in [-0.2, -0.15) is 0 Å². The summed E-state index contributed by atoms with van der Waals surface area (Å²) >= 11 is 1.36. The molecule has 0 N–H and O–H groups in total. The number of hydrogen-bond acceptors (Lipinski definition) is 7. The van der Waals surface area contributed by atoms with Crippen molar-refractivity contribution >= 4 is 40.3 Å². The van der Waals surface area contributed by atoms with E-state index in [0.717, 1.165) is 22.4 Å². The number of thioether (sulfide) groups is 1. The van der Waals surface area contributed by atoms with Gasteiger partial charge < -0.3 is 9.47 Å². The first kappa shape index (κ1) is 26.9. The molecule has 1 amide bonds. The van der Waals surface area contributed by atoms with Gasteiger partial charge in [-0.25, -0.2) is 4.99 Å². The smallest absolute Gasteiger partial charge is 0.269 e. The van der Waals surface area contributed by atoms with E-state index in [1.807, 2.05) is 49.4 Å². The zero-order chi connectivity index (χ0) is 27.2. The molecule has 8 nitrogen and oxygen atoms in total. The maximum absolute atomic E-state index is 13.3. The van der Waals surface area contributed by atoms with Crippen LogP contribution >= 0.6 is 11.8 Å². The number of nitro benzene ring substituents is 1. The molecule has 1 aliphatic rings. The van der Waals surface area contributed by atoms with Gasteiger partial charge in [-0.05, 0) is 78.2 Å². The monoisotopic (exact) mass is 531 g/mol. The number of rotatable bonds is 9. The number of nitro groups is 1. The third-order valence-corrected chi connectivity index (χ3v) is 6.73. The molecule has 0 aliphatic carbocycles. The number of non-ortho nitro benzene ring substituents is 1. The van der Waals surface area contributed by atoms with Gasteiger partial charge in [0.1, 0.15) is 6.61 Å². The van der Waals surface area contributed by atoms with Crippen LogP contribution in [0.4, 0.5) is 11.4 Å². The summed E-state index contributed by atoms with van der Waals surface area (Å²) < 4.78 is 11.4. The van der Waals surface area contributed by atoms with Gasteiger partial charge in [0.15, 0.2) is 16.7 Å². The Balaban J connectivity index is 1.54. The van der Waals surface area contributed by atoms with Crippen LogP contribution in [0.3, 0.4) is 0 Å². The lowest BCUT2D eigenvalue weighted by Gasteiger charge is -2.17. The molecule has 38 heavy (non-hydrogen) atoms. The zero-order valence-corrected chi connectivity index (χ0v) is 22.5. The molecule has 0 radical (unpaired) electrons. The summed E-state index contributed by atoms with van der Waals surface area (Å²) in [7, 11) is 1.55. The van der Waals surface area contributed by atoms with E-state index < -0.39 is 4.92 Å². The summed E-state index contributed by atoms with van der Waals surface area (Å²) in [5, 5.41) is 11.5. The third kappa shape index (κ3) is 6.60. The van der Waals surface area contributed by atoms with Gasteiger partial charge in [0.25, 0.3) is 11.6 Å². The van der Waals surface area contributed by atoms with Crippen LogP contribution in [0, 0.1) is 23.0 Å². The molecule has 0 spiro atoms. The van der Waals surface area contributed by atoms with Crippen molar-refractivity contribution in [3.63, 3.8) is 0 Å². The van der Waals surface area contributed by atoms with Crippen LogP contribution in [0.1, 0.15) is 30.5 Å². The molecular weight excluding hydrogens is 502 g/mol. The molecule has 3 aromatic rings. The minimum Gasteiger partial charge on any atom is -0.493 e. The second-order valence-electron chi connectivity index (χ2n) is 9.27. The van der Waals surface area contributed by atoms with E-state index in [4.69, 9.17) is 14.5 Å². The Bertz CT molecular complexity index is 1380. The Labute approximate surface area is 226 Å². The van der Waals surface area contributed by atoms with E-state index in [-0.39, 0.29) is 24.1 Å². The lowest BCUT2D eigenvalue weighted by Crippen LogP contribution is -2.32. The Kier molecular flexibility index (Phi) is 8.48. The minimum absolute atomic E-state index is 0.0297. The number of hydrogen-bond donors (Lipinski definition) is 0. The molecule has 196 valence electrons. The first-order valence-corrected chi connectivity index (χ1v) is 13.0. The fourth-order valence-corrected chi connectivity index (χ4v) is 4.77. The number of ether oxygens (including phenoxy) is 2. The normalized spacial score (nSPS) is 15.5. The molecule has 1 heterocycles. The number of nitrogens with zero attached hydrogens (tertiary/aromatic N) is 3. The molecule has 1 aliphatic heterocycles. The van der Waals surface area contributed by atoms with Crippen LogP contribution in [-0.2, 0) is 11.4 Å². The predicted molar refractivity (Wildman–Crippen MR) is 151 cm³/mol. The number of methoxy groups -OCH3 is 1. The number of amides is 1. The fourth-order valence-electron chi connectivity index (χ4n) is 3.77. The van der Waals surface area contributed by atoms with Crippen molar-refractivity contribution in [3.8, 4) is 11.5 Å². The molecule has 0 bridgehead atoms. The van der Waals surface area contributed by atoms with Crippen LogP contribution in [0.15, 0.2) is 76.6 Å². The van der Waals surface area contributed by atoms with E-state index in [2.05, 4.69) is 13.8 Å². The first-order valence-electron chi connectivity index (χ1n) is 12.1. The summed E-state index contributed by atoms with van der Waals surface area (Å²) in [6, 6.07) is 19.6. The van der Waals surface area contributed by atoms with Gasteiger partial charge in [0.05, 0.1) is 22.6 Å². The maximum atomic E-state index is 13.3. The number of aliphatic imine (C=N–C) groups is 1. The van der Waals surface area contributed by atoms with E-state index in [9.17, 15) is 14.9 Å². The molecule has 4 rings (SSSR count). The summed E-state index contributed by atoms with van der Waals surface area (Å²) in [5.74, 6) is 1.26. The van der Waals surface area contributed by atoms with Crippen LogP contribution in [0.25, 0.3) is 6.08 Å². The van der Waals surface area contributed by atoms with Gasteiger partial charge >= 0.3 is 0 Å². The Morgan fingerprint density at radius 1 is 1.05 bits per heavy atom. The molecule has 1 fully saturated rings. The number of benzene rings is 3. The van der Waals surface area contributed by atoms with Crippen molar-refractivity contribution in [2.24, 2.45) is 10.9 Å². The lowest BCUT2D eigenvalue weighted by molar-refractivity contribution is -0.384. The molecule has 1 saturated heterocycles. The van der Waals surface area contributed by atoms with E-state index in [1.54, 1.807) is 30.2 Å². The maximum Gasteiger partial charge on any atom is 0.269 e. The summed E-state index contributed by atoms with van der Waals surface area (Å²) in [6.45, 7) is 6.97. The minimum atomic E-state index is -0.437. The van der Waals surface area contributed by atoms with Crippen LogP contribution in [0.2, 0.25) is 0 Å².